The Bertz CT molecular complexity index is 308. The first-order chi connectivity index (χ1) is 6.13. The molecule has 0 aliphatic carbocycles. The summed E-state index contributed by atoms with van der Waals surface area (Å²) in [5.74, 6) is 1.54. The lowest BCUT2D eigenvalue weighted by molar-refractivity contribution is 0.454. The average molecular weight is 199 g/mol. The molecule has 4 nitrogen and oxygen atoms in total. The minimum atomic E-state index is 0.272. The zero-order valence-electron chi connectivity index (χ0n) is 7.76. The Balaban J connectivity index is 2.65. The standard InChI is InChI=1S/C8H13N3OS/c1-3-7-11-5(2)6(12-7)4-10-8(9)13/h3-4H2,1-2H3,(H3,9,10,13). The Kier molecular flexibility index (Phi) is 3.25. The summed E-state index contributed by atoms with van der Waals surface area (Å²) < 4.78 is 5.43. The Labute approximate surface area is 82.5 Å². The van der Waals surface area contributed by atoms with Gasteiger partial charge in [-0.25, -0.2) is 4.98 Å². The topological polar surface area (TPSA) is 64.1 Å². The molecule has 0 saturated carbocycles. The molecule has 0 spiro atoms. The maximum atomic E-state index is 5.43. The molecule has 0 aromatic carbocycles. The van der Waals surface area contributed by atoms with Crippen LogP contribution in [0.25, 0.3) is 0 Å². The average Bonchev–Trinajstić information content (AvgIpc) is 2.43. The molecular weight excluding hydrogens is 186 g/mol. The summed E-state index contributed by atoms with van der Waals surface area (Å²) in [6.45, 7) is 4.41. The lowest BCUT2D eigenvalue weighted by Crippen LogP contribution is -2.28. The molecule has 1 aromatic rings. The van der Waals surface area contributed by atoms with Gasteiger partial charge >= 0.3 is 0 Å². The van der Waals surface area contributed by atoms with Crippen molar-refractivity contribution in [1.82, 2.24) is 10.3 Å². The predicted octanol–water partition coefficient (Wildman–Crippen LogP) is 0.879. The van der Waals surface area contributed by atoms with Crippen molar-refractivity contribution >= 4 is 17.3 Å². The Morgan fingerprint density at radius 2 is 2.38 bits per heavy atom. The highest BCUT2D eigenvalue weighted by atomic mass is 32.1. The fourth-order valence-corrected chi connectivity index (χ4v) is 1.04. The number of oxazole rings is 1. The van der Waals surface area contributed by atoms with Crippen molar-refractivity contribution in [2.24, 2.45) is 5.73 Å². The first-order valence-electron chi connectivity index (χ1n) is 4.12. The number of nitrogens with one attached hydrogen (secondary N) is 1. The van der Waals surface area contributed by atoms with Crippen LogP contribution in [0.2, 0.25) is 0 Å². The molecule has 0 fully saturated rings. The van der Waals surface area contributed by atoms with Gasteiger partial charge < -0.3 is 15.5 Å². The molecule has 0 saturated heterocycles. The predicted molar refractivity (Wildman–Crippen MR) is 54.2 cm³/mol. The molecule has 0 aliphatic rings. The lowest BCUT2D eigenvalue weighted by Gasteiger charge is -1.99. The maximum Gasteiger partial charge on any atom is 0.194 e. The minimum absolute atomic E-state index is 0.272. The second-order valence-corrected chi connectivity index (χ2v) is 3.13. The molecule has 1 heterocycles. The molecule has 0 aliphatic heterocycles. The number of hydrogen-bond acceptors (Lipinski definition) is 3. The third kappa shape index (κ3) is 2.69. The summed E-state index contributed by atoms with van der Waals surface area (Å²) in [6, 6.07) is 0. The van der Waals surface area contributed by atoms with Crippen molar-refractivity contribution in [3.8, 4) is 0 Å². The number of nitrogens with zero attached hydrogens (tertiary/aromatic N) is 1. The van der Waals surface area contributed by atoms with Gasteiger partial charge in [-0.15, -0.1) is 0 Å². The van der Waals surface area contributed by atoms with Crippen LogP contribution in [0.5, 0.6) is 0 Å². The lowest BCUT2D eigenvalue weighted by atomic mass is 10.4. The van der Waals surface area contributed by atoms with Crippen LogP contribution in [-0.4, -0.2) is 10.1 Å². The van der Waals surface area contributed by atoms with E-state index in [1.54, 1.807) is 0 Å². The minimum Gasteiger partial charge on any atom is -0.444 e. The van der Waals surface area contributed by atoms with Crippen molar-refractivity contribution in [3.63, 3.8) is 0 Å². The highest BCUT2D eigenvalue weighted by Crippen LogP contribution is 2.09. The van der Waals surface area contributed by atoms with Crippen LogP contribution in [0.1, 0.15) is 24.3 Å². The third-order valence-electron chi connectivity index (χ3n) is 1.66. The summed E-state index contributed by atoms with van der Waals surface area (Å²) in [6.07, 6.45) is 0.800. The van der Waals surface area contributed by atoms with Crippen LogP contribution >= 0.6 is 12.2 Å². The summed E-state index contributed by atoms with van der Waals surface area (Å²) in [5, 5.41) is 3.09. The van der Waals surface area contributed by atoms with E-state index in [4.69, 9.17) is 10.2 Å². The van der Waals surface area contributed by atoms with Gasteiger partial charge in [-0.2, -0.15) is 0 Å². The molecule has 1 aromatic heterocycles. The number of aromatic nitrogens is 1. The van der Waals surface area contributed by atoms with Crippen molar-refractivity contribution in [3.05, 3.63) is 17.3 Å². The van der Waals surface area contributed by atoms with Crippen LogP contribution in [0, 0.1) is 6.92 Å². The molecule has 1 rings (SSSR count). The van der Waals surface area contributed by atoms with Gasteiger partial charge in [0.1, 0.15) is 5.76 Å². The number of thiocarbonyl (C=S) groups is 1. The maximum absolute atomic E-state index is 5.43. The second kappa shape index (κ2) is 4.23. The first-order valence-corrected chi connectivity index (χ1v) is 4.52. The third-order valence-corrected chi connectivity index (χ3v) is 1.81. The van der Waals surface area contributed by atoms with E-state index in [1.807, 2.05) is 13.8 Å². The molecule has 3 N–H and O–H groups in total. The summed E-state index contributed by atoms with van der Waals surface area (Å²) in [5.41, 5.74) is 6.18. The van der Waals surface area contributed by atoms with Gasteiger partial charge in [-0.3, -0.25) is 0 Å². The first kappa shape index (κ1) is 9.98. The molecular formula is C8H13N3OS. The Hall–Kier alpha value is -1.10. The van der Waals surface area contributed by atoms with Crippen LogP contribution in [-0.2, 0) is 13.0 Å². The van der Waals surface area contributed by atoms with Gasteiger partial charge in [0.15, 0.2) is 11.0 Å². The van der Waals surface area contributed by atoms with Crippen LogP contribution in [0.15, 0.2) is 4.42 Å². The van der Waals surface area contributed by atoms with E-state index in [2.05, 4.69) is 22.5 Å². The molecule has 72 valence electrons. The molecule has 0 unspecified atom stereocenters. The quantitative estimate of drug-likeness (QED) is 0.707. The molecule has 5 heteroatoms. The molecule has 13 heavy (non-hydrogen) atoms. The van der Waals surface area contributed by atoms with E-state index in [0.29, 0.717) is 6.54 Å². The van der Waals surface area contributed by atoms with Gasteiger partial charge in [0.25, 0.3) is 0 Å². The molecule has 0 bridgehead atoms. The van der Waals surface area contributed by atoms with Gasteiger partial charge in [0.05, 0.1) is 12.2 Å². The van der Waals surface area contributed by atoms with Crippen LogP contribution < -0.4 is 11.1 Å². The van der Waals surface area contributed by atoms with Crippen molar-refractivity contribution in [1.29, 1.82) is 0 Å². The zero-order chi connectivity index (χ0) is 9.84. The molecule has 0 atom stereocenters. The van der Waals surface area contributed by atoms with Crippen LogP contribution in [0.4, 0.5) is 0 Å². The highest BCUT2D eigenvalue weighted by molar-refractivity contribution is 7.80. The molecule has 0 radical (unpaired) electrons. The SMILES string of the molecule is CCc1nc(C)c(CNC(N)=S)o1. The highest BCUT2D eigenvalue weighted by Gasteiger charge is 2.07. The normalized spacial score (nSPS) is 10.0. The number of aryl methyl sites for hydroxylation is 2. The zero-order valence-corrected chi connectivity index (χ0v) is 8.57. The fraction of sp³-hybridized carbons (Fsp3) is 0.500. The number of rotatable bonds is 3. The van der Waals surface area contributed by atoms with Crippen molar-refractivity contribution in [2.45, 2.75) is 26.8 Å². The van der Waals surface area contributed by atoms with Gasteiger partial charge in [0.2, 0.25) is 0 Å². The van der Waals surface area contributed by atoms with Gasteiger partial charge in [-0.1, -0.05) is 6.92 Å². The summed E-state index contributed by atoms with van der Waals surface area (Å²) in [7, 11) is 0. The van der Waals surface area contributed by atoms with E-state index in [0.717, 1.165) is 23.8 Å². The van der Waals surface area contributed by atoms with E-state index >= 15 is 0 Å². The van der Waals surface area contributed by atoms with Gasteiger partial charge in [-0.05, 0) is 19.1 Å². The van der Waals surface area contributed by atoms with E-state index in [-0.39, 0.29) is 5.11 Å². The van der Waals surface area contributed by atoms with Crippen LogP contribution in [0.3, 0.4) is 0 Å². The Morgan fingerprint density at radius 3 is 2.85 bits per heavy atom. The van der Waals surface area contributed by atoms with Crippen molar-refractivity contribution < 1.29 is 4.42 Å². The summed E-state index contributed by atoms with van der Waals surface area (Å²) >= 11 is 4.68. The largest absolute Gasteiger partial charge is 0.444 e. The second-order valence-electron chi connectivity index (χ2n) is 2.69. The van der Waals surface area contributed by atoms with E-state index < -0.39 is 0 Å². The smallest absolute Gasteiger partial charge is 0.194 e. The Morgan fingerprint density at radius 1 is 1.69 bits per heavy atom. The van der Waals surface area contributed by atoms with Crippen molar-refractivity contribution in [2.75, 3.05) is 0 Å². The van der Waals surface area contributed by atoms with E-state index in [1.165, 1.54) is 0 Å². The monoisotopic (exact) mass is 199 g/mol. The number of nitrogens with two attached hydrogens (primary N) is 1. The summed E-state index contributed by atoms with van der Waals surface area (Å²) in [4.78, 5) is 4.22. The van der Waals surface area contributed by atoms with Gasteiger partial charge in [0, 0.05) is 6.42 Å². The van der Waals surface area contributed by atoms with E-state index in [9.17, 15) is 0 Å². The number of hydrogen-bond donors (Lipinski definition) is 2. The fourth-order valence-electron chi connectivity index (χ4n) is 0.971. The molecule has 0 amide bonds.